The molecule has 3 heterocycles. The minimum atomic E-state index is 0.0432. The number of hydrogen-bond acceptors (Lipinski definition) is 4. The number of aromatic nitrogens is 3. The number of hydrogen-bond donors (Lipinski definition) is 0. The molecule has 4 rings (SSSR count). The van der Waals surface area contributed by atoms with Gasteiger partial charge >= 0.3 is 0 Å². The Morgan fingerprint density at radius 1 is 1.17 bits per heavy atom. The monoisotopic (exact) mass is 404 g/mol. The highest BCUT2D eigenvalue weighted by Gasteiger charge is 2.42. The van der Waals surface area contributed by atoms with E-state index in [4.69, 9.17) is 4.74 Å². The smallest absolute Gasteiger partial charge is 0.258 e. The number of pyridine rings is 1. The van der Waals surface area contributed by atoms with Gasteiger partial charge in [-0.1, -0.05) is 43.3 Å². The number of nitrogens with zero attached hydrogens (tertiary/aromatic N) is 4. The van der Waals surface area contributed by atoms with Crippen LogP contribution in [0.3, 0.4) is 0 Å². The van der Waals surface area contributed by atoms with E-state index in [2.05, 4.69) is 23.9 Å². The van der Waals surface area contributed by atoms with Crippen LogP contribution in [0.25, 0.3) is 11.3 Å². The summed E-state index contributed by atoms with van der Waals surface area (Å²) in [6.45, 7) is 4.82. The molecule has 1 aliphatic rings. The Morgan fingerprint density at radius 2 is 1.93 bits per heavy atom. The molecule has 2 aromatic heterocycles. The Hall–Kier alpha value is -3.15. The van der Waals surface area contributed by atoms with E-state index in [9.17, 15) is 4.79 Å². The van der Waals surface area contributed by atoms with E-state index >= 15 is 0 Å². The van der Waals surface area contributed by atoms with E-state index in [1.807, 2.05) is 66.7 Å². The SMILES string of the molecule is CCC1C(COc2ccccn2)CC(C)N1C(=O)c1cn(C)nc1-c1ccccc1. The standard InChI is InChI=1S/C24H28N4O2/c1-4-21-19(16-30-22-12-8-9-13-25-22)14-17(2)28(21)24(29)20-15-27(3)26-23(20)18-10-6-5-7-11-18/h5-13,15,17,19,21H,4,14,16H2,1-3H3. The van der Waals surface area contributed by atoms with Gasteiger partial charge in [0.1, 0.15) is 5.69 Å². The van der Waals surface area contributed by atoms with Crippen LogP contribution in [0.15, 0.2) is 60.9 Å². The van der Waals surface area contributed by atoms with Gasteiger partial charge in [0.25, 0.3) is 5.91 Å². The summed E-state index contributed by atoms with van der Waals surface area (Å²) in [4.78, 5) is 20.0. The number of carbonyl (C=O) groups is 1. The topological polar surface area (TPSA) is 60.2 Å². The molecule has 0 N–H and O–H groups in total. The van der Waals surface area contributed by atoms with Gasteiger partial charge in [-0.05, 0) is 25.8 Å². The Kier molecular flexibility index (Phi) is 5.84. The molecule has 0 bridgehead atoms. The molecule has 0 radical (unpaired) electrons. The van der Waals surface area contributed by atoms with Gasteiger partial charge in [-0.15, -0.1) is 0 Å². The van der Waals surface area contributed by atoms with Crippen molar-refractivity contribution in [1.29, 1.82) is 0 Å². The molecular formula is C24H28N4O2. The highest BCUT2D eigenvalue weighted by Crippen LogP contribution is 2.35. The van der Waals surface area contributed by atoms with E-state index in [0.29, 0.717) is 18.1 Å². The summed E-state index contributed by atoms with van der Waals surface area (Å²) < 4.78 is 7.66. The molecule has 0 saturated carbocycles. The van der Waals surface area contributed by atoms with E-state index < -0.39 is 0 Å². The van der Waals surface area contributed by atoms with Crippen LogP contribution in [0, 0.1) is 5.92 Å². The molecule has 6 nitrogen and oxygen atoms in total. The maximum atomic E-state index is 13.7. The lowest BCUT2D eigenvalue weighted by molar-refractivity contribution is 0.0646. The average Bonchev–Trinajstić information content (AvgIpc) is 3.32. The molecule has 156 valence electrons. The van der Waals surface area contributed by atoms with E-state index in [1.54, 1.807) is 10.9 Å². The first-order valence-corrected chi connectivity index (χ1v) is 10.5. The molecule has 6 heteroatoms. The summed E-state index contributed by atoms with van der Waals surface area (Å²) in [5.41, 5.74) is 2.34. The molecule has 3 atom stereocenters. The molecule has 1 fully saturated rings. The van der Waals surface area contributed by atoms with Crippen molar-refractivity contribution in [2.75, 3.05) is 6.61 Å². The minimum absolute atomic E-state index is 0.0432. The summed E-state index contributed by atoms with van der Waals surface area (Å²) in [6, 6.07) is 15.8. The van der Waals surface area contributed by atoms with Crippen LogP contribution >= 0.6 is 0 Å². The minimum Gasteiger partial charge on any atom is -0.477 e. The molecule has 1 saturated heterocycles. The fraction of sp³-hybridized carbons (Fsp3) is 0.375. The van der Waals surface area contributed by atoms with Crippen molar-refractivity contribution in [3.63, 3.8) is 0 Å². The fourth-order valence-electron chi connectivity index (χ4n) is 4.54. The molecule has 0 spiro atoms. The van der Waals surface area contributed by atoms with Gasteiger partial charge in [-0.25, -0.2) is 4.98 Å². The maximum Gasteiger partial charge on any atom is 0.258 e. The quantitative estimate of drug-likeness (QED) is 0.618. The largest absolute Gasteiger partial charge is 0.477 e. The second-order valence-corrected chi connectivity index (χ2v) is 7.94. The summed E-state index contributed by atoms with van der Waals surface area (Å²) in [6.07, 6.45) is 5.36. The zero-order valence-corrected chi connectivity index (χ0v) is 17.7. The van der Waals surface area contributed by atoms with E-state index in [-0.39, 0.29) is 23.9 Å². The van der Waals surface area contributed by atoms with Gasteiger partial charge in [-0.3, -0.25) is 9.48 Å². The number of aryl methyl sites for hydroxylation is 1. The fourth-order valence-corrected chi connectivity index (χ4v) is 4.54. The third-order valence-electron chi connectivity index (χ3n) is 5.86. The van der Waals surface area contributed by atoms with Crippen LogP contribution in [0.4, 0.5) is 0 Å². The first-order chi connectivity index (χ1) is 14.6. The molecule has 3 unspecified atom stereocenters. The van der Waals surface area contributed by atoms with Crippen LogP contribution in [0.1, 0.15) is 37.0 Å². The van der Waals surface area contributed by atoms with Crippen molar-refractivity contribution in [2.24, 2.45) is 13.0 Å². The summed E-state index contributed by atoms with van der Waals surface area (Å²) in [5.74, 6) is 0.942. The van der Waals surface area contributed by atoms with Crippen LogP contribution in [0.2, 0.25) is 0 Å². The van der Waals surface area contributed by atoms with Crippen LogP contribution in [0.5, 0.6) is 5.88 Å². The Balaban J connectivity index is 1.57. The van der Waals surface area contributed by atoms with Crippen molar-refractivity contribution >= 4 is 5.91 Å². The van der Waals surface area contributed by atoms with Crippen LogP contribution < -0.4 is 4.74 Å². The molecular weight excluding hydrogens is 376 g/mol. The molecule has 1 amide bonds. The van der Waals surface area contributed by atoms with Crippen molar-refractivity contribution in [3.8, 4) is 17.1 Å². The molecule has 1 aromatic carbocycles. The van der Waals surface area contributed by atoms with Gasteiger partial charge < -0.3 is 9.64 Å². The number of amides is 1. The number of ether oxygens (including phenoxy) is 1. The lowest BCUT2D eigenvalue weighted by Crippen LogP contribution is -2.42. The predicted molar refractivity (Wildman–Crippen MR) is 116 cm³/mol. The zero-order valence-electron chi connectivity index (χ0n) is 17.7. The second kappa shape index (κ2) is 8.69. The summed E-state index contributed by atoms with van der Waals surface area (Å²) >= 11 is 0. The van der Waals surface area contributed by atoms with Gasteiger partial charge in [0, 0.05) is 49.1 Å². The van der Waals surface area contributed by atoms with Crippen molar-refractivity contribution in [1.82, 2.24) is 19.7 Å². The van der Waals surface area contributed by atoms with Gasteiger partial charge in [0.05, 0.1) is 12.2 Å². The Morgan fingerprint density at radius 3 is 2.63 bits per heavy atom. The Labute approximate surface area is 177 Å². The second-order valence-electron chi connectivity index (χ2n) is 7.94. The maximum absolute atomic E-state index is 13.7. The summed E-state index contributed by atoms with van der Waals surface area (Å²) in [7, 11) is 1.86. The van der Waals surface area contributed by atoms with Crippen molar-refractivity contribution < 1.29 is 9.53 Å². The van der Waals surface area contributed by atoms with Gasteiger partial charge in [-0.2, -0.15) is 5.10 Å². The molecule has 0 aliphatic carbocycles. The number of likely N-dealkylation sites (tertiary alicyclic amines) is 1. The number of benzene rings is 1. The first-order valence-electron chi connectivity index (χ1n) is 10.5. The summed E-state index contributed by atoms with van der Waals surface area (Å²) in [5, 5.41) is 4.58. The van der Waals surface area contributed by atoms with E-state index in [1.165, 1.54) is 0 Å². The van der Waals surface area contributed by atoms with Gasteiger partial charge in [0.2, 0.25) is 5.88 Å². The zero-order chi connectivity index (χ0) is 21.1. The number of rotatable bonds is 6. The lowest BCUT2D eigenvalue weighted by Gasteiger charge is -2.30. The first kappa shape index (κ1) is 20.1. The third kappa shape index (κ3) is 3.95. The molecule has 30 heavy (non-hydrogen) atoms. The lowest BCUT2D eigenvalue weighted by atomic mass is 9.98. The van der Waals surface area contributed by atoms with Crippen molar-refractivity contribution in [2.45, 2.75) is 38.8 Å². The molecule has 3 aromatic rings. The predicted octanol–water partition coefficient (Wildman–Crippen LogP) is 4.19. The van der Waals surface area contributed by atoms with E-state index in [0.717, 1.165) is 24.1 Å². The normalized spacial score (nSPS) is 21.0. The average molecular weight is 405 g/mol. The van der Waals surface area contributed by atoms with Crippen LogP contribution in [-0.4, -0.2) is 44.3 Å². The van der Waals surface area contributed by atoms with Crippen molar-refractivity contribution in [3.05, 3.63) is 66.5 Å². The van der Waals surface area contributed by atoms with Gasteiger partial charge in [0.15, 0.2) is 0 Å². The number of carbonyl (C=O) groups excluding carboxylic acids is 1. The third-order valence-corrected chi connectivity index (χ3v) is 5.86. The highest BCUT2D eigenvalue weighted by molar-refractivity contribution is 6.00. The van der Waals surface area contributed by atoms with Crippen LogP contribution in [-0.2, 0) is 7.05 Å². The molecule has 1 aliphatic heterocycles. The highest BCUT2D eigenvalue weighted by atomic mass is 16.5. The Bertz CT molecular complexity index is 987.